The molecule has 0 radical (unpaired) electrons. The number of pyridine rings is 2. The van der Waals surface area contributed by atoms with Crippen molar-refractivity contribution in [3.8, 4) is 0 Å². The first-order chi connectivity index (χ1) is 12.6. The summed E-state index contributed by atoms with van der Waals surface area (Å²) in [7, 11) is 0. The van der Waals surface area contributed by atoms with Crippen molar-refractivity contribution >= 4 is 29.2 Å². The molecule has 1 aliphatic heterocycles. The van der Waals surface area contributed by atoms with Crippen LogP contribution >= 0.6 is 11.8 Å². The van der Waals surface area contributed by atoms with Gasteiger partial charge in [-0.1, -0.05) is 6.07 Å². The quantitative estimate of drug-likeness (QED) is 0.841. The number of aromatic nitrogens is 2. The number of nitrogens with one attached hydrogen (secondary N) is 1. The summed E-state index contributed by atoms with van der Waals surface area (Å²) >= 11 is 1.57. The summed E-state index contributed by atoms with van der Waals surface area (Å²) in [6.07, 6.45) is 5.66. The lowest BCUT2D eigenvalue weighted by Gasteiger charge is -2.36. The van der Waals surface area contributed by atoms with Gasteiger partial charge in [-0.3, -0.25) is 9.78 Å². The molecule has 138 valence electrons. The molecular formula is C19H24N4O2S. The highest BCUT2D eigenvalue weighted by Gasteiger charge is 2.23. The fourth-order valence-corrected chi connectivity index (χ4v) is 3.72. The molecule has 2 atom stereocenters. The highest BCUT2D eigenvalue weighted by atomic mass is 32.2. The maximum Gasteiger partial charge on any atom is 0.234 e. The lowest BCUT2D eigenvalue weighted by molar-refractivity contribution is -0.113. The fraction of sp³-hybridized carbons (Fsp3) is 0.421. The number of amides is 1. The van der Waals surface area contributed by atoms with Crippen molar-refractivity contribution in [3.05, 3.63) is 48.4 Å². The zero-order valence-corrected chi connectivity index (χ0v) is 15.9. The molecule has 0 aliphatic carbocycles. The molecule has 3 rings (SSSR count). The van der Waals surface area contributed by atoms with Crippen molar-refractivity contribution in [2.45, 2.75) is 31.8 Å². The summed E-state index contributed by atoms with van der Waals surface area (Å²) in [4.78, 5) is 22.9. The summed E-state index contributed by atoms with van der Waals surface area (Å²) in [5, 5.41) is 2.89. The van der Waals surface area contributed by atoms with Gasteiger partial charge in [-0.05, 0) is 37.6 Å². The van der Waals surface area contributed by atoms with Crippen LogP contribution in [0.4, 0.5) is 11.5 Å². The molecule has 26 heavy (non-hydrogen) atoms. The second kappa shape index (κ2) is 9.00. The molecule has 0 saturated carbocycles. The van der Waals surface area contributed by atoms with Crippen LogP contribution in [0.2, 0.25) is 0 Å². The molecule has 1 fully saturated rings. The first kappa shape index (κ1) is 18.7. The van der Waals surface area contributed by atoms with Gasteiger partial charge in [-0.15, -0.1) is 11.8 Å². The smallest absolute Gasteiger partial charge is 0.234 e. The molecule has 0 bridgehead atoms. The molecule has 6 nitrogen and oxygen atoms in total. The van der Waals surface area contributed by atoms with Crippen LogP contribution < -0.4 is 10.2 Å². The van der Waals surface area contributed by atoms with E-state index in [1.165, 1.54) is 0 Å². The van der Waals surface area contributed by atoms with Gasteiger partial charge in [0.1, 0.15) is 5.82 Å². The van der Waals surface area contributed by atoms with Crippen LogP contribution in [0.25, 0.3) is 0 Å². The maximum absolute atomic E-state index is 12.1. The summed E-state index contributed by atoms with van der Waals surface area (Å²) in [6.45, 7) is 5.79. The zero-order valence-electron chi connectivity index (χ0n) is 15.1. The molecule has 1 aliphatic rings. The van der Waals surface area contributed by atoms with Crippen LogP contribution in [0.5, 0.6) is 0 Å². The number of nitrogens with zero attached hydrogens (tertiary/aromatic N) is 3. The monoisotopic (exact) mass is 372 g/mol. The molecule has 2 aromatic heterocycles. The molecule has 0 aromatic carbocycles. The third-order valence-corrected chi connectivity index (χ3v) is 5.00. The van der Waals surface area contributed by atoms with E-state index < -0.39 is 0 Å². The number of hydrogen-bond acceptors (Lipinski definition) is 6. The van der Waals surface area contributed by atoms with Gasteiger partial charge in [0.25, 0.3) is 0 Å². The van der Waals surface area contributed by atoms with Gasteiger partial charge in [0.05, 0.1) is 29.8 Å². The summed E-state index contributed by atoms with van der Waals surface area (Å²) in [6, 6.07) is 7.76. The van der Waals surface area contributed by atoms with Crippen molar-refractivity contribution in [3.63, 3.8) is 0 Å². The Morgan fingerprint density at radius 1 is 1.27 bits per heavy atom. The molecule has 2 aromatic rings. The number of carbonyl (C=O) groups is 1. The van der Waals surface area contributed by atoms with E-state index in [1.807, 2.05) is 30.5 Å². The van der Waals surface area contributed by atoms with Gasteiger partial charge >= 0.3 is 0 Å². The number of carbonyl (C=O) groups excluding carboxylic acids is 1. The van der Waals surface area contributed by atoms with Gasteiger partial charge in [0.15, 0.2) is 0 Å². The minimum absolute atomic E-state index is 0.0259. The van der Waals surface area contributed by atoms with Crippen molar-refractivity contribution < 1.29 is 9.53 Å². The number of anilines is 2. The fourth-order valence-electron chi connectivity index (χ4n) is 2.95. The summed E-state index contributed by atoms with van der Waals surface area (Å²) in [5.41, 5.74) is 1.83. The SMILES string of the molecule is CC1CN(c2ccc(NC(=O)CSCc3cccnc3)cn2)CC(C)O1. The highest BCUT2D eigenvalue weighted by Crippen LogP contribution is 2.20. The van der Waals surface area contributed by atoms with Gasteiger partial charge in [-0.25, -0.2) is 4.98 Å². The molecule has 0 spiro atoms. The molecule has 3 heterocycles. The topological polar surface area (TPSA) is 67.4 Å². The van der Waals surface area contributed by atoms with Crippen molar-refractivity contribution in [1.82, 2.24) is 9.97 Å². The van der Waals surface area contributed by atoms with Gasteiger partial charge in [-0.2, -0.15) is 0 Å². The van der Waals surface area contributed by atoms with Crippen LogP contribution in [0.15, 0.2) is 42.9 Å². The van der Waals surface area contributed by atoms with Gasteiger partial charge < -0.3 is 15.0 Å². The molecule has 2 unspecified atom stereocenters. The Balaban J connectivity index is 1.47. The van der Waals surface area contributed by atoms with Crippen molar-refractivity contribution in [2.24, 2.45) is 0 Å². The average molecular weight is 372 g/mol. The van der Waals surface area contributed by atoms with Crippen LogP contribution in [0.1, 0.15) is 19.4 Å². The standard InChI is InChI=1S/C19H24N4O2S/c1-14-10-23(11-15(2)25-14)18-6-5-17(9-21-18)22-19(24)13-26-12-16-4-3-7-20-8-16/h3-9,14-15H,10-13H2,1-2H3,(H,22,24). The van der Waals surface area contributed by atoms with Crippen molar-refractivity contribution in [2.75, 3.05) is 29.1 Å². The minimum Gasteiger partial charge on any atom is -0.372 e. The number of thioether (sulfide) groups is 1. The van der Waals surface area contributed by atoms with E-state index in [2.05, 4.69) is 34.0 Å². The molecule has 1 amide bonds. The third kappa shape index (κ3) is 5.44. The predicted molar refractivity (Wildman–Crippen MR) is 105 cm³/mol. The van der Waals surface area contributed by atoms with Gasteiger partial charge in [0, 0.05) is 31.2 Å². The lowest BCUT2D eigenvalue weighted by Crippen LogP contribution is -2.45. The Bertz CT molecular complexity index is 701. The molecule has 1 saturated heterocycles. The lowest BCUT2D eigenvalue weighted by atomic mass is 10.2. The van der Waals surface area contributed by atoms with E-state index in [1.54, 1.807) is 24.2 Å². The number of ether oxygens (including phenoxy) is 1. The van der Waals surface area contributed by atoms with E-state index in [0.717, 1.165) is 35.9 Å². The van der Waals surface area contributed by atoms with Crippen molar-refractivity contribution in [1.29, 1.82) is 0 Å². The normalized spacial score (nSPS) is 20.0. The first-order valence-corrected chi connectivity index (χ1v) is 9.88. The average Bonchev–Trinajstić information content (AvgIpc) is 2.62. The summed E-state index contributed by atoms with van der Waals surface area (Å²) in [5.74, 6) is 2.05. The number of rotatable bonds is 6. The van der Waals surface area contributed by atoms with Gasteiger partial charge in [0.2, 0.25) is 5.91 Å². The first-order valence-electron chi connectivity index (χ1n) is 8.73. The van der Waals surface area contributed by atoms with Crippen LogP contribution in [0, 0.1) is 0 Å². The van der Waals surface area contributed by atoms with E-state index >= 15 is 0 Å². The Hall–Kier alpha value is -2.12. The van der Waals surface area contributed by atoms with E-state index in [9.17, 15) is 4.79 Å². The number of hydrogen-bond donors (Lipinski definition) is 1. The highest BCUT2D eigenvalue weighted by molar-refractivity contribution is 7.99. The Labute approximate surface area is 158 Å². The van der Waals surface area contributed by atoms with Crippen LogP contribution in [0.3, 0.4) is 0 Å². The van der Waals surface area contributed by atoms with E-state index in [-0.39, 0.29) is 18.1 Å². The largest absolute Gasteiger partial charge is 0.372 e. The van der Waals surface area contributed by atoms with Crippen LogP contribution in [-0.2, 0) is 15.3 Å². The Morgan fingerprint density at radius 2 is 2.08 bits per heavy atom. The summed E-state index contributed by atoms with van der Waals surface area (Å²) < 4.78 is 5.75. The Kier molecular flexibility index (Phi) is 6.46. The molecule has 7 heteroatoms. The third-order valence-electron chi connectivity index (χ3n) is 4.00. The minimum atomic E-state index is -0.0259. The Morgan fingerprint density at radius 3 is 2.73 bits per heavy atom. The molecular weight excluding hydrogens is 348 g/mol. The van der Waals surface area contributed by atoms with E-state index in [0.29, 0.717) is 5.75 Å². The maximum atomic E-state index is 12.1. The second-order valence-corrected chi connectivity index (χ2v) is 7.46. The zero-order chi connectivity index (χ0) is 18.4. The van der Waals surface area contributed by atoms with Crippen LogP contribution in [-0.4, -0.2) is 46.9 Å². The van der Waals surface area contributed by atoms with E-state index in [4.69, 9.17) is 4.74 Å². The number of morpholine rings is 1. The molecule has 1 N–H and O–H groups in total. The second-order valence-electron chi connectivity index (χ2n) is 6.47. The predicted octanol–water partition coefficient (Wildman–Crippen LogP) is 2.96.